The van der Waals surface area contributed by atoms with Crippen LogP contribution >= 0.6 is 0 Å². The lowest BCUT2D eigenvalue weighted by molar-refractivity contribution is 0.0205. The molecular formula is C22H28N6O4. The number of nitrogens with one attached hydrogen (secondary N) is 1. The van der Waals surface area contributed by atoms with Gasteiger partial charge in [0.05, 0.1) is 32.5 Å². The summed E-state index contributed by atoms with van der Waals surface area (Å²) >= 11 is 0. The van der Waals surface area contributed by atoms with E-state index >= 15 is 0 Å². The molecule has 2 fully saturated rings. The maximum atomic E-state index is 13.2. The number of pyridine rings is 1. The van der Waals surface area contributed by atoms with E-state index in [1.807, 2.05) is 31.2 Å². The Kier molecular flexibility index (Phi) is 6.15. The molecule has 0 spiro atoms. The van der Waals surface area contributed by atoms with Crippen LogP contribution in [0, 0.1) is 0 Å². The van der Waals surface area contributed by atoms with Crippen LogP contribution in [0.1, 0.15) is 37.2 Å². The van der Waals surface area contributed by atoms with Crippen molar-refractivity contribution in [1.82, 2.24) is 30.1 Å². The molecule has 2 aliphatic rings. The first-order valence-electron chi connectivity index (χ1n) is 11.2. The molecule has 0 saturated carbocycles. The van der Waals surface area contributed by atoms with Gasteiger partial charge in [-0.05, 0) is 54.5 Å². The molecule has 2 aliphatic heterocycles. The SMILES string of the molecule is CCOc1ccc2[nH]c(=O)c(C(c3nnnn3CC3CCCO3)N3CCOCC3)cc2c1. The van der Waals surface area contributed by atoms with Gasteiger partial charge in [0, 0.05) is 36.2 Å². The van der Waals surface area contributed by atoms with Gasteiger partial charge in [-0.2, -0.15) is 0 Å². The van der Waals surface area contributed by atoms with Crippen molar-refractivity contribution in [2.75, 3.05) is 39.5 Å². The van der Waals surface area contributed by atoms with E-state index in [2.05, 4.69) is 25.4 Å². The summed E-state index contributed by atoms with van der Waals surface area (Å²) in [6, 6.07) is 7.23. The van der Waals surface area contributed by atoms with Gasteiger partial charge in [0.2, 0.25) is 0 Å². The van der Waals surface area contributed by atoms with Crippen molar-refractivity contribution in [2.45, 2.75) is 38.5 Å². The monoisotopic (exact) mass is 440 g/mol. The fourth-order valence-electron chi connectivity index (χ4n) is 4.51. The summed E-state index contributed by atoms with van der Waals surface area (Å²) in [4.78, 5) is 18.5. The first kappa shape index (κ1) is 21.0. The maximum absolute atomic E-state index is 13.2. The first-order valence-corrected chi connectivity index (χ1v) is 11.2. The number of aromatic amines is 1. The molecule has 0 amide bonds. The van der Waals surface area contributed by atoms with Crippen molar-refractivity contribution in [3.63, 3.8) is 0 Å². The number of morpholine rings is 1. The quantitative estimate of drug-likeness (QED) is 0.589. The van der Waals surface area contributed by atoms with Gasteiger partial charge in [-0.25, -0.2) is 4.68 Å². The Morgan fingerprint density at radius 2 is 2.12 bits per heavy atom. The average molecular weight is 441 g/mol. The van der Waals surface area contributed by atoms with E-state index in [4.69, 9.17) is 14.2 Å². The first-order chi connectivity index (χ1) is 15.7. The number of hydrogen-bond donors (Lipinski definition) is 1. The van der Waals surface area contributed by atoms with E-state index in [1.54, 1.807) is 4.68 Å². The number of benzene rings is 1. The van der Waals surface area contributed by atoms with Crippen LogP contribution in [0.25, 0.3) is 10.9 Å². The standard InChI is InChI=1S/C22H28N6O4/c1-2-31-16-5-6-19-15(12-16)13-18(22(29)23-19)20(27-7-10-30-11-8-27)21-24-25-26-28(21)14-17-4-3-9-32-17/h5-6,12-13,17,20H,2-4,7-11,14H2,1H3,(H,23,29). The van der Waals surface area contributed by atoms with Crippen molar-refractivity contribution >= 4 is 10.9 Å². The molecule has 4 heterocycles. The Bertz CT molecular complexity index is 1120. The minimum atomic E-state index is -0.390. The van der Waals surface area contributed by atoms with Gasteiger partial charge in [-0.15, -0.1) is 5.10 Å². The zero-order valence-electron chi connectivity index (χ0n) is 18.2. The van der Waals surface area contributed by atoms with E-state index in [0.717, 1.165) is 36.1 Å². The number of hydrogen-bond acceptors (Lipinski definition) is 8. The lowest BCUT2D eigenvalue weighted by Gasteiger charge is -2.33. The Hall–Kier alpha value is -2.82. The predicted molar refractivity (Wildman–Crippen MR) is 117 cm³/mol. The van der Waals surface area contributed by atoms with E-state index in [0.29, 0.717) is 50.8 Å². The normalized spacial score (nSPS) is 20.6. The Balaban J connectivity index is 1.58. The minimum Gasteiger partial charge on any atom is -0.494 e. The highest BCUT2D eigenvalue weighted by molar-refractivity contribution is 5.80. The third-order valence-corrected chi connectivity index (χ3v) is 6.07. The highest BCUT2D eigenvalue weighted by atomic mass is 16.5. The zero-order valence-corrected chi connectivity index (χ0v) is 18.2. The molecule has 2 saturated heterocycles. The van der Waals surface area contributed by atoms with Crippen LogP contribution in [0.15, 0.2) is 29.1 Å². The van der Waals surface area contributed by atoms with Crippen LogP contribution in [0.2, 0.25) is 0 Å². The molecule has 2 atom stereocenters. The second kappa shape index (κ2) is 9.35. The smallest absolute Gasteiger partial charge is 0.253 e. The summed E-state index contributed by atoms with van der Waals surface area (Å²) < 4.78 is 18.8. The second-order valence-corrected chi connectivity index (χ2v) is 8.14. The number of fused-ring (bicyclic) bond motifs is 1. The number of rotatable bonds is 7. The van der Waals surface area contributed by atoms with Crippen LogP contribution in [-0.2, 0) is 16.0 Å². The summed E-state index contributed by atoms with van der Waals surface area (Å²) in [7, 11) is 0. The highest BCUT2D eigenvalue weighted by Gasteiger charge is 2.32. The largest absolute Gasteiger partial charge is 0.494 e. The third-order valence-electron chi connectivity index (χ3n) is 6.07. The van der Waals surface area contributed by atoms with Crippen molar-refractivity contribution in [1.29, 1.82) is 0 Å². The molecule has 32 heavy (non-hydrogen) atoms. The third kappa shape index (κ3) is 4.25. The van der Waals surface area contributed by atoms with Crippen LogP contribution < -0.4 is 10.3 Å². The predicted octanol–water partition coefficient (Wildman–Crippen LogP) is 1.51. The van der Waals surface area contributed by atoms with Crippen LogP contribution in [-0.4, -0.2) is 75.7 Å². The van der Waals surface area contributed by atoms with Gasteiger partial charge in [0.1, 0.15) is 11.8 Å². The molecule has 2 unspecified atom stereocenters. The summed E-state index contributed by atoms with van der Waals surface area (Å²) in [6.45, 7) is 6.45. The van der Waals surface area contributed by atoms with Gasteiger partial charge in [0.25, 0.3) is 5.56 Å². The molecule has 5 rings (SSSR count). The Morgan fingerprint density at radius 3 is 2.91 bits per heavy atom. The molecule has 0 bridgehead atoms. The van der Waals surface area contributed by atoms with E-state index in [-0.39, 0.29) is 17.7 Å². The molecule has 1 aromatic carbocycles. The summed E-state index contributed by atoms with van der Waals surface area (Å²) in [6.07, 6.45) is 2.12. The van der Waals surface area contributed by atoms with Crippen molar-refractivity contribution in [3.05, 3.63) is 46.0 Å². The Labute approximate surface area is 185 Å². The number of tetrazole rings is 1. The van der Waals surface area contributed by atoms with Crippen molar-refractivity contribution < 1.29 is 14.2 Å². The lowest BCUT2D eigenvalue weighted by atomic mass is 10.0. The number of nitrogens with zero attached hydrogens (tertiary/aromatic N) is 5. The molecule has 0 aliphatic carbocycles. The zero-order chi connectivity index (χ0) is 21.9. The van der Waals surface area contributed by atoms with Gasteiger partial charge in [-0.1, -0.05) is 0 Å². The number of ether oxygens (including phenoxy) is 3. The second-order valence-electron chi connectivity index (χ2n) is 8.14. The molecule has 170 valence electrons. The van der Waals surface area contributed by atoms with E-state index in [9.17, 15) is 4.79 Å². The molecule has 2 aromatic heterocycles. The summed E-state index contributed by atoms with van der Waals surface area (Å²) in [5, 5.41) is 13.5. The van der Waals surface area contributed by atoms with Crippen molar-refractivity contribution in [2.24, 2.45) is 0 Å². The summed E-state index contributed by atoms with van der Waals surface area (Å²) in [5.74, 6) is 1.41. The highest BCUT2D eigenvalue weighted by Crippen LogP contribution is 2.29. The number of H-pyrrole nitrogens is 1. The lowest BCUT2D eigenvalue weighted by Crippen LogP contribution is -2.42. The molecule has 10 nitrogen and oxygen atoms in total. The molecule has 10 heteroatoms. The van der Waals surface area contributed by atoms with Gasteiger partial charge >= 0.3 is 0 Å². The molecule has 0 radical (unpaired) electrons. The summed E-state index contributed by atoms with van der Waals surface area (Å²) in [5.41, 5.74) is 1.23. The van der Waals surface area contributed by atoms with Gasteiger partial charge < -0.3 is 19.2 Å². The maximum Gasteiger partial charge on any atom is 0.253 e. The van der Waals surface area contributed by atoms with Crippen LogP contribution in [0.4, 0.5) is 0 Å². The van der Waals surface area contributed by atoms with E-state index in [1.165, 1.54) is 0 Å². The van der Waals surface area contributed by atoms with Crippen molar-refractivity contribution in [3.8, 4) is 5.75 Å². The van der Waals surface area contributed by atoms with Crippen LogP contribution in [0.3, 0.4) is 0 Å². The molecule has 3 aromatic rings. The van der Waals surface area contributed by atoms with E-state index < -0.39 is 0 Å². The fourth-order valence-corrected chi connectivity index (χ4v) is 4.51. The number of aromatic nitrogens is 5. The average Bonchev–Trinajstić information content (AvgIpc) is 3.49. The van der Waals surface area contributed by atoms with Gasteiger partial charge in [0.15, 0.2) is 5.82 Å². The Morgan fingerprint density at radius 1 is 1.25 bits per heavy atom. The molecule has 1 N–H and O–H groups in total. The topological polar surface area (TPSA) is 107 Å². The fraction of sp³-hybridized carbons (Fsp3) is 0.545. The molecular weight excluding hydrogens is 412 g/mol. The minimum absolute atomic E-state index is 0.0891. The van der Waals surface area contributed by atoms with Gasteiger partial charge in [-0.3, -0.25) is 9.69 Å². The van der Waals surface area contributed by atoms with Crippen LogP contribution in [0.5, 0.6) is 5.75 Å².